The number of hydrogen-bond donors (Lipinski definition) is 0. The standard InChI is InChI=1S/C19H27N7O3S/c1-13(2)30(28,29)25-6-4-15(5-7-25)18-23-22-17-12-24(8-9-26(17)18)19(27)16-11-20-14(3)10-21-16/h10-11,13,15H,4-9,12H2,1-3H3. The molecular formula is C19H27N7O3S. The van der Waals surface area contributed by atoms with E-state index in [9.17, 15) is 13.2 Å². The lowest BCUT2D eigenvalue weighted by atomic mass is 9.97. The summed E-state index contributed by atoms with van der Waals surface area (Å²) in [5, 5.41) is 8.31. The van der Waals surface area contributed by atoms with Gasteiger partial charge in [0.1, 0.15) is 11.5 Å². The van der Waals surface area contributed by atoms with E-state index in [2.05, 4.69) is 24.7 Å². The minimum absolute atomic E-state index is 0.162. The zero-order valence-corrected chi connectivity index (χ0v) is 18.3. The van der Waals surface area contributed by atoms with Gasteiger partial charge in [0, 0.05) is 38.3 Å². The molecule has 0 N–H and O–H groups in total. The highest BCUT2D eigenvalue weighted by Gasteiger charge is 2.34. The van der Waals surface area contributed by atoms with Gasteiger partial charge in [0.25, 0.3) is 5.91 Å². The van der Waals surface area contributed by atoms with Crippen LogP contribution in [0, 0.1) is 6.92 Å². The third-order valence-electron chi connectivity index (χ3n) is 5.84. The highest BCUT2D eigenvalue weighted by Crippen LogP contribution is 2.30. The van der Waals surface area contributed by atoms with Crippen LogP contribution in [0.1, 0.15) is 60.4 Å². The van der Waals surface area contributed by atoms with E-state index in [4.69, 9.17) is 0 Å². The number of amides is 1. The van der Waals surface area contributed by atoms with Crippen molar-refractivity contribution in [3.05, 3.63) is 35.4 Å². The molecule has 0 aromatic carbocycles. The molecule has 4 rings (SSSR count). The van der Waals surface area contributed by atoms with Crippen molar-refractivity contribution in [1.29, 1.82) is 0 Å². The van der Waals surface area contributed by atoms with E-state index < -0.39 is 15.3 Å². The summed E-state index contributed by atoms with van der Waals surface area (Å²) in [6.45, 7) is 7.81. The van der Waals surface area contributed by atoms with Gasteiger partial charge in [0.2, 0.25) is 10.0 Å². The van der Waals surface area contributed by atoms with Gasteiger partial charge >= 0.3 is 0 Å². The Morgan fingerprint density at radius 1 is 1.07 bits per heavy atom. The highest BCUT2D eigenvalue weighted by molar-refractivity contribution is 7.89. The molecule has 0 spiro atoms. The maximum absolute atomic E-state index is 12.7. The summed E-state index contributed by atoms with van der Waals surface area (Å²) in [5.74, 6) is 1.66. The average molecular weight is 434 g/mol. The molecule has 2 aliphatic heterocycles. The molecule has 1 fully saturated rings. The predicted octanol–water partition coefficient (Wildman–Crippen LogP) is 0.950. The van der Waals surface area contributed by atoms with Crippen molar-refractivity contribution in [3.63, 3.8) is 0 Å². The fourth-order valence-corrected chi connectivity index (χ4v) is 5.30. The molecule has 0 unspecified atom stereocenters. The number of aryl methyl sites for hydroxylation is 1. The largest absolute Gasteiger partial charge is 0.328 e. The highest BCUT2D eigenvalue weighted by atomic mass is 32.2. The number of piperidine rings is 1. The molecule has 0 bridgehead atoms. The van der Waals surface area contributed by atoms with Crippen molar-refractivity contribution >= 4 is 15.9 Å². The Bertz CT molecular complexity index is 1020. The first kappa shape index (κ1) is 20.9. The van der Waals surface area contributed by atoms with Crippen molar-refractivity contribution in [3.8, 4) is 0 Å². The van der Waals surface area contributed by atoms with Gasteiger partial charge in [-0.25, -0.2) is 17.7 Å². The van der Waals surface area contributed by atoms with Crippen LogP contribution in [0.2, 0.25) is 0 Å². The molecule has 162 valence electrons. The maximum Gasteiger partial charge on any atom is 0.274 e. The SMILES string of the molecule is Cc1cnc(C(=O)N2CCn3c(nnc3C3CCN(S(=O)(=O)C(C)C)CC3)C2)cn1. The normalized spacial score (nSPS) is 18.6. The molecule has 0 aliphatic carbocycles. The Morgan fingerprint density at radius 2 is 1.80 bits per heavy atom. The summed E-state index contributed by atoms with van der Waals surface area (Å²) >= 11 is 0. The lowest BCUT2D eigenvalue weighted by Gasteiger charge is -2.33. The Labute approximate surface area is 176 Å². The third kappa shape index (κ3) is 3.83. The van der Waals surface area contributed by atoms with Crippen LogP contribution in [0.15, 0.2) is 12.4 Å². The quantitative estimate of drug-likeness (QED) is 0.705. The van der Waals surface area contributed by atoms with Crippen LogP contribution in [0.3, 0.4) is 0 Å². The van der Waals surface area contributed by atoms with Crippen molar-refractivity contribution in [2.45, 2.75) is 57.9 Å². The molecule has 2 aliphatic rings. The number of carbonyl (C=O) groups excluding carboxylic acids is 1. The molecule has 4 heterocycles. The maximum atomic E-state index is 12.7. The predicted molar refractivity (Wildman–Crippen MR) is 109 cm³/mol. The number of aromatic nitrogens is 5. The second-order valence-corrected chi connectivity index (χ2v) is 10.7. The number of carbonyl (C=O) groups is 1. The van der Waals surface area contributed by atoms with Crippen molar-refractivity contribution in [2.75, 3.05) is 19.6 Å². The van der Waals surface area contributed by atoms with Gasteiger partial charge in [0.15, 0.2) is 5.82 Å². The third-order valence-corrected chi connectivity index (χ3v) is 8.12. The first-order valence-corrected chi connectivity index (χ1v) is 11.8. The molecule has 0 radical (unpaired) electrons. The van der Waals surface area contributed by atoms with Crippen LogP contribution in [-0.4, -0.2) is 73.1 Å². The summed E-state index contributed by atoms with van der Waals surface area (Å²) in [6, 6.07) is 0. The molecule has 0 atom stereocenters. The molecule has 10 nitrogen and oxygen atoms in total. The second kappa shape index (κ2) is 8.03. The topological polar surface area (TPSA) is 114 Å². The number of fused-ring (bicyclic) bond motifs is 1. The average Bonchev–Trinajstić information content (AvgIpc) is 3.17. The molecule has 1 saturated heterocycles. The van der Waals surface area contributed by atoms with Gasteiger partial charge in [-0.05, 0) is 33.6 Å². The van der Waals surface area contributed by atoms with E-state index in [0.29, 0.717) is 38.4 Å². The minimum atomic E-state index is -3.22. The van der Waals surface area contributed by atoms with Crippen molar-refractivity contribution < 1.29 is 13.2 Å². The van der Waals surface area contributed by atoms with Gasteiger partial charge in [-0.15, -0.1) is 10.2 Å². The second-order valence-electron chi connectivity index (χ2n) is 8.16. The van der Waals surface area contributed by atoms with Gasteiger partial charge in [0.05, 0.1) is 23.7 Å². The summed E-state index contributed by atoms with van der Waals surface area (Å²) in [7, 11) is -3.22. The molecule has 30 heavy (non-hydrogen) atoms. The molecule has 11 heteroatoms. The fraction of sp³-hybridized carbons (Fsp3) is 0.632. The zero-order chi connectivity index (χ0) is 21.5. The Morgan fingerprint density at radius 3 is 2.43 bits per heavy atom. The molecular weight excluding hydrogens is 406 g/mol. The van der Waals surface area contributed by atoms with Gasteiger partial charge < -0.3 is 9.47 Å². The Hall–Kier alpha value is -2.40. The smallest absolute Gasteiger partial charge is 0.274 e. The van der Waals surface area contributed by atoms with Gasteiger partial charge in [-0.2, -0.15) is 0 Å². The molecule has 2 aromatic rings. The summed E-state index contributed by atoms with van der Waals surface area (Å²) in [5.41, 5.74) is 1.09. The van der Waals surface area contributed by atoms with Gasteiger partial charge in [-0.3, -0.25) is 9.78 Å². The van der Waals surface area contributed by atoms with E-state index >= 15 is 0 Å². The van der Waals surface area contributed by atoms with E-state index in [0.717, 1.165) is 30.2 Å². The molecule has 0 saturated carbocycles. The van der Waals surface area contributed by atoms with Crippen LogP contribution < -0.4 is 0 Å². The Balaban J connectivity index is 1.43. The molecule has 1 amide bonds. The number of hydrogen-bond acceptors (Lipinski definition) is 7. The minimum Gasteiger partial charge on any atom is -0.328 e. The van der Waals surface area contributed by atoms with Crippen LogP contribution in [-0.2, 0) is 23.1 Å². The van der Waals surface area contributed by atoms with Crippen LogP contribution >= 0.6 is 0 Å². The lowest BCUT2D eigenvalue weighted by molar-refractivity contribution is 0.0699. The lowest BCUT2D eigenvalue weighted by Crippen LogP contribution is -2.42. The number of sulfonamides is 1. The van der Waals surface area contributed by atoms with Crippen LogP contribution in [0.4, 0.5) is 0 Å². The van der Waals surface area contributed by atoms with Gasteiger partial charge in [-0.1, -0.05) is 0 Å². The van der Waals surface area contributed by atoms with Crippen molar-refractivity contribution in [1.82, 2.24) is 33.9 Å². The molecule has 2 aromatic heterocycles. The van der Waals surface area contributed by atoms with E-state index in [1.807, 2.05) is 6.92 Å². The number of rotatable bonds is 4. The Kier molecular flexibility index (Phi) is 5.58. The van der Waals surface area contributed by atoms with Crippen LogP contribution in [0.5, 0.6) is 0 Å². The van der Waals surface area contributed by atoms with E-state index in [-0.39, 0.29) is 11.8 Å². The zero-order valence-electron chi connectivity index (χ0n) is 17.5. The summed E-state index contributed by atoms with van der Waals surface area (Å²) < 4.78 is 28.5. The van der Waals surface area contributed by atoms with Crippen molar-refractivity contribution in [2.24, 2.45) is 0 Å². The van der Waals surface area contributed by atoms with E-state index in [1.54, 1.807) is 29.2 Å². The van der Waals surface area contributed by atoms with E-state index in [1.165, 1.54) is 6.20 Å². The monoisotopic (exact) mass is 433 g/mol. The summed E-state index contributed by atoms with van der Waals surface area (Å²) in [6.07, 6.45) is 4.54. The summed E-state index contributed by atoms with van der Waals surface area (Å²) in [4.78, 5) is 22.8. The first-order chi connectivity index (χ1) is 14.3. The fourth-order valence-electron chi connectivity index (χ4n) is 3.99. The first-order valence-electron chi connectivity index (χ1n) is 10.3. The number of nitrogens with zero attached hydrogens (tertiary/aromatic N) is 7. The van der Waals surface area contributed by atoms with Crippen LogP contribution in [0.25, 0.3) is 0 Å².